The molecule has 1 aliphatic carbocycles. The van der Waals surface area contributed by atoms with Gasteiger partial charge in [-0.05, 0) is 56.2 Å². The number of nitrogens with two attached hydrogens (primary N) is 1. The van der Waals surface area contributed by atoms with E-state index in [0.29, 0.717) is 24.4 Å². The fourth-order valence-corrected chi connectivity index (χ4v) is 6.07. The zero-order chi connectivity index (χ0) is 33.6. The number of thiazole rings is 1. The van der Waals surface area contributed by atoms with Gasteiger partial charge in [-0.25, -0.2) is 9.37 Å². The Morgan fingerprint density at radius 1 is 1.22 bits per heavy atom. The van der Waals surface area contributed by atoms with Crippen LogP contribution in [-0.4, -0.2) is 88.7 Å². The third kappa shape index (κ3) is 8.80. The van der Waals surface area contributed by atoms with Crippen molar-refractivity contribution in [2.75, 3.05) is 26.2 Å². The Kier molecular flexibility index (Phi) is 11.4. The number of aryl methyl sites for hydroxylation is 1. The third-order valence-corrected chi connectivity index (χ3v) is 9.17. The minimum Gasteiger partial charge on any atom is -0.483 e. The van der Waals surface area contributed by atoms with Crippen LogP contribution in [0.5, 0.6) is 5.75 Å². The molecule has 2 aromatic rings. The molecule has 0 bridgehead atoms. The number of likely N-dealkylation sites (tertiary alicyclic amines) is 1. The Labute approximate surface area is 272 Å². The van der Waals surface area contributed by atoms with Crippen LogP contribution in [0.3, 0.4) is 0 Å². The van der Waals surface area contributed by atoms with Crippen molar-refractivity contribution in [2.24, 2.45) is 11.1 Å². The molecule has 252 valence electrons. The molecule has 1 saturated carbocycles. The molecule has 0 radical (unpaired) electrons. The highest BCUT2D eigenvalue weighted by molar-refractivity contribution is 7.13. The van der Waals surface area contributed by atoms with E-state index in [1.165, 1.54) is 16.2 Å². The molecule has 1 saturated heterocycles. The van der Waals surface area contributed by atoms with E-state index in [1.807, 2.05) is 13.0 Å². The van der Waals surface area contributed by atoms with Gasteiger partial charge in [0.15, 0.2) is 12.3 Å². The summed E-state index contributed by atoms with van der Waals surface area (Å²) in [4.78, 5) is 58.7. The first kappa shape index (κ1) is 35.2. The fraction of sp³-hybridized carbons (Fsp3) is 0.594. The summed E-state index contributed by atoms with van der Waals surface area (Å²) in [5.41, 5.74) is 6.80. The molecule has 2 aliphatic rings. The van der Waals surface area contributed by atoms with Gasteiger partial charge >= 0.3 is 0 Å². The van der Waals surface area contributed by atoms with Gasteiger partial charge in [0.1, 0.15) is 17.8 Å². The maximum Gasteiger partial charge on any atom is 0.258 e. The molecule has 4 rings (SSSR count). The van der Waals surface area contributed by atoms with E-state index in [-0.39, 0.29) is 44.9 Å². The molecule has 0 spiro atoms. The molecule has 1 aromatic heterocycles. The number of hydrogen-bond donors (Lipinski definition) is 5. The number of aliphatic hydroxyl groups is 1. The molecule has 14 heteroatoms. The Morgan fingerprint density at radius 3 is 2.59 bits per heavy atom. The van der Waals surface area contributed by atoms with E-state index in [2.05, 4.69) is 20.9 Å². The number of benzene rings is 1. The number of carbonyl (C=O) groups is 4. The van der Waals surface area contributed by atoms with Gasteiger partial charge in [-0.3, -0.25) is 19.2 Å². The summed E-state index contributed by atoms with van der Waals surface area (Å²) >= 11 is 1.47. The van der Waals surface area contributed by atoms with Gasteiger partial charge in [0.25, 0.3) is 11.8 Å². The summed E-state index contributed by atoms with van der Waals surface area (Å²) in [6.45, 7) is 7.85. The van der Waals surface area contributed by atoms with Crippen molar-refractivity contribution >= 4 is 35.0 Å². The van der Waals surface area contributed by atoms with Gasteiger partial charge < -0.3 is 36.4 Å². The second kappa shape index (κ2) is 14.9. The average Bonchev–Trinajstić information content (AvgIpc) is 3.42. The molecule has 1 unspecified atom stereocenters. The van der Waals surface area contributed by atoms with Gasteiger partial charge in [-0.2, -0.15) is 0 Å². The predicted octanol–water partition coefficient (Wildman–Crippen LogP) is 1.96. The number of aromatic nitrogens is 1. The summed E-state index contributed by atoms with van der Waals surface area (Å²) in [5.74, 6) is -1.79. The predicted molar refractivity (Wildman–Crippen MR) is 172 cm³/mol. The van der Waals surface area contributed by atoms with Crippen LogP contribution in [0.2, 0.25) is 0 Å². The number of rotatable bonds is 14. The van der Waals surface area contributed by atoms with Crippen molar-refractivity contribution < 1.29 is 33.4 Å². The molecule has 4 amide bonds. The number of aliphatic hydroxyl groups excluding tert-OH is 1. The van der Waals surface area contributed by atoms with Crippen LogP contribution in [0.15, 0.2) is 23.7 Å². The van der Waals surface area contributed by atoms with Crippen molar-refractivity contribution in [2.45, 2.75) is 90.2 Å². The van der Waals surface area contributed by atoms with Gasteiger partial charge in [0, 0.05) is 31.6 Å². The summed E-state index contributed by atoms with van der Waals surface area (Å²) in [6.07, 6.45) is 0.824. The van der Waals surface area contributed by atoms with E-state index >= 15 is 0 Å². The number of halogens is 1. The lowest BCUT2D eigenvalue weighted by Gasteiger charge is -2.35. The molecule has 12 nitrogen and oxygen atoms in total. The largest absolute Gasteiger partial charge is 0.483 e. The van der Waals surface area contributed by atoms with Crippen molar-refractivity contribution in [1.82, 2.24) is 25.8 Å². The number of alkyl halides is 1. The highest BCUT2D eigenvalue weighted by Crippen LogP contribution is 2.40. The second-order valence-electron chi connectivity index (χ2n) is 13.1. The minimum atomic E-state index is -1.97. The second-order valence-corrected chi connectivity index (χ2v) is 13.9. The standard InChI is InChI=1S/C32H45FN6O6S/c1-19-26(46-18-37-19)20-7-8-21(24(13-20)45-17-25(41)35-12-6-5-11-34)15-36-28(42)23-14-22(40)16-39(23)29(43)27(31(2,3)4)38-30(44)32(33)9-10-32/h7-8,13,18,22-23,27,40H,5-6,9-12,14-17,34H2,1-4H3,(H,35,41)(H,36,42)(H,38,44)/t22-,23+,27?/m1/s1. The summed E-state index contributed by atoms with van der Waals surface area (Å²) in [5, 5.41) is 18.7. The fourth-order valence-electron chi connectivity index (χ4n) is 5.26. The Bertz CT molecular complexity index is 1420. The Balaban J connectivity index is 1.47. The van der Waals surface area contributed by atoms with Crippen LogP contribution >= 0.6 is 11.3 Å². The topological polar surface area (TPSA) is 176 Å². The van der Waals surface area contributed by atoms with E-state index in [0.717, 1.165) is 29.0 Å². The highest BCUT2D eigenvalue weighted by atomic mass is 32.1. The molecule has 1 aliphatic heterocycles. The number of carbonyl (C=O) groups excluding carboxylic acids is 4. The van der Waals surface area contributed by atoms with Gasteiger partial charge in [-0.15, -0.1) is 11.3 Å². The molecule has 6 N–H and O–H groups in total. The van der Waals surface area contributed by atoms with Crippen molar-refractivity contribution in [3.05, 3.63) is 35.0 Å². The number of amides is 4. The maximum atomic E-state index is 14.5. The number of ether oxygens (including phenoxy) is 1. The Hall–Kier alpha value is -3.62. The van der Waals surface area contributed by atoms with Gasteiger partial charge in [0.05, 0.1) is 22.2 Å². The summed E-state index contributed by atoms with van der Waals surface area (Å²) in [7, 11) is 0. The monoisotopic (exact) mass is 660 g/mol. The first-order chi connectivity index (χ1) is 21.7. The minimum absolute atomic E-state index is 0.00666. The Morgan fingerprint density at radius 2 is 1.96 bits per heavy atom. The lowest BCUT2D eigenvalue weighted by Crippen LogP contribution is -2.59. The molecule has 2 fully saturated rings. The van der Waals surface area contributed by atoms with Crippen LogP contribution < -0.4 is 26.4 Å². The number of nitrogens with zero attached hydrogens (tertiary/aromatic N) is 2. The molecular weight excluding hydrogens is 615 g/mol. The number of β-amino-alcohol motifs (C(OH)–C–C–N with tert-alkyl or cyclic N) is 1. The van der Waals surface area contributed by atoms with Crippen LogP contribution in [0.25, 0.3) is 10.4 Å². The maximum absolute atomic E-state index is 14.5. The van der Waals surface area contributed by atoms with Crippen LogP contribution in [-0.2, 0) is 25.7 Å². The highest BCUT2D eigenvalue weighted by Gasteiger charge is 2.53. The lowest BCUT2D eigenvalue weighted by atomic mass is 9.85. The molecule has 3 atom stereocenters. The number of nitrogens with one attached hydrogen (secondary N) is 3. The zero-order valence-electron chi connectivity index (χ0n) is 26.9. The van der Waals surface area contributed by atoms with Gasteiger partial charge in [-0.1, -0.05) is 32.9 Å². The summed E-state index contributed by atoms with van der Waals surface area (Å²) < 4.78 is 20.4. The van der Waals surface area contributed by atoms with Crippen LogP contribution in [0, 0.1) is 12.3 Å². The van der Waals surface area contributed by atoms with Gasteiger partial charge in [0.2, 0.25) is 11.8 Å². The van der Waals surface area contributed by atoms with E-state index < -0.39 is 47.0 Å². The third-order valence-electron chi connectivity index (χ3n) is 8.19. The van der Waals surface area contributed by atoms with Crippen molar-refractivity contribution in [3.63, 3.8) is 0 Å². The molecule has 2 heterocycles. The van der Waals surface area contributed by atoms with E-state index in [1.54, 1.807) is 38.4 Å². The van der Waals surface area contributed by atoms with Crippen LogP contribution in [0.1, 0.15) is 64.1 Å². The van der Waals surface area contributed by atoms with Crippen LogP contribution in [0.4, 0.5) is 4.39 Å². The van der Waals surface area contributed by atoms with E-state index in [9.17, 15) is 28.7 Å². The molecule has 1 aromatic carbocycles. The van der Waals surface area contributed by atoms with Crippen molar-refractivity contribution in [1.29, 1.82) is 0 Å². The smallest absolute Gasteiger partial charge is 0.258 e. The zero-order valence-corrected chi connectivity index (χ0v) is 27.7. The number of unbranched alkanes of at least 4 members (excludes halogenated alkanes) is 1. The van der Waals surface area contributed by atoms with E-state index in [4.69, 9.17) is 10.5 Å². The lowest BCUT2D eigenvalue weighted by molar-refractivity contribution is -0.145. The van der Waals surface area contributed by atoms with Crippen molar-refractivity contribution in [3.8, 4) is 16.2 Å². The quantitative estimate of drug-likeness (QED) is 0.191. The SMILES string of the molecule is Cc1ncsc1-c1ccc(CNC(=O)[C@@H]2C[C@@H](O)CN2C(=O)C(NC(=O)C2(F)CC2)C(C)(C)C)c(OCC(=O)NCCCCN)c1. The first-order valence-corrected chi connectivity index (χ1v) is 16.5. The molecular formula is C32H45FN6O6S. The molecule has 46 heavy (non-hydrogen) atoms. The average molecular weight is 661 g/mol. The first-order valence-electron chi connectivity index (χ1n) is 15.6. The normalized spacial score (nSPS) is 19.3. The summed E-state index contributed by atoms with van der Waals surface area (Å²) in [6, 6.07) is 3.37. The number of hydrogen-bond acceptors (Lipinski definition) is 9.